The standard InChI is InChI=1S/C32H37ClN4O3/c1-23(2)37(32(39)22-40-28-15-11-26(33)12-16-28)21-31(38)36(20-24-9-13-27(14-10-24)35(3)4)18-17-25-19-34-30-8-6-5-7-29(25)30/h5-16,19,23,34H,17-18,20-22H2,1-4H3. The van der Waals surface area contributed by atoms with Gasteiger partial charge in [0, 0.05) is 61.0 Å². The first-order chi connectivity index (χ1) is 19.2. The number of anilines is 1. The fourth-order valence-electron chi connectivity index (χ4n) is 4.57. The molecule has 0 aliphatic carbocycles. The van der Waals surface area contributed by atoms with Crippen molar-refractivity contribution in [1.29, 1.82) is 0 Å². The number of aromatic nitrogens is 1. The molecule has 0 spiro atoms. The van der Waals surface area contributed by atoms with E-state index in [1.54, 1.807) is 29.2 Å². The van der Waals surface area contributed by atoms with Crippen LogP contribution in [0.4, 0.5) is 5.69 Å². The smallest absolute Gasteiger partial charge is 0.261 e. The highest BCUT2D eigenvalue weighted by Crippen LogP contribution is 2.20. The van der Waals surface area contributed by atoms with Gasteiger partial charge in [-0.15, -0.1) is 0 Å². The molecule has 0 aliphatic rings. The van der Waals surface area contributed by atoms with E-state index in [-0.39, 0.29) is 31.0 Å². The number of hydrogen-bond acceptors (Lipinski definition) is 4. The van der Waals surface area contributed by atoms with Gasteiger partial charge in [0.25, 0.3) is 5.91 Å². The van der Waals surface area contributed by atoms with Gasteiger partial charge in [-0.2, -0.15) is 0 Å². The van der Waals surface area contributed by atoms with E-state index in [4.69, 9.17) is 16.3 Å². The van der Waals surface area contributed by atoms with Crippen LogP contribution < -0.4 is 9.64 Å². The summed E-state index contributed by atoms with van der Waals surface area (Å²) in [4.78, 5) is 35.6. The second kappa shape index (κ2) is 13.4. The fourth-order valence-corrected chi connectivity index (χ4v) is 4.69. The molecule has 4 aromatic rings. The van der Waals surface area contributed by atoms with Crippen LogP contribution >= 0.6 is 11.6 Å². The third kappa shape index (κ3) is 7.57. The Balaban J connectivity index is 1.48. The molecule has 0 atom stereocenters. The normalized spacial score (nSPS) is 11.1. The van der Waals surface area contributed by atoms with Crippen molar-refractivity contribution in [2.24, 2.45) is 0 Å². The number of rotatable bonds is 12. The number of H-pyrrole nitrogens is 1. The van der Waals surface area contributed by atoms with E-state index in [2.05, 4.69) is 23.2 Å². The van der Waals surface area contributed by atoms with E-state index in [9.17, 15) is 9.59 Å². The Morgan fingerprint density at radius 1 is 0.925 bits per heavy atom. The molecule has 7 nitrogen and oxygen atoms in total. The van der Waals surface area contributed by atoms with E-state index in [1.165, 1.54) is 0 Å². The summed E-state index contributed by atoms with van der Waals surface area (Å²) in [6.45, 7) is 4.61. The van der Waals surface area contributed by atoms with Crippen molar-refractivity contribution in [3.8, 4) is 5.75 Å². The minimum Gasteiger partial charge on any atom is -0.484 e. The summed E-state index contributed by atoms with van der Waals surface area (Å²) >= 11 is 5.94. The maximum atomic E-state index is 13.7. The lowest BCUT2D eigenvalue weighted by Crippen LogP contribution is -2.47. The van der Waals surface area contributed by atoms with Crippen molar-refractivity contribution in [3.05, 3.63) is 95.1 Å². The molecule has 0 fully saturated rings. The van der Waals surface area contributed by atoms with Crippen molar-refractivity contribution in [2.45, 2.75) is 32.9 Å². The Morgan fingerprint density at radius 2 is 1.62 bits per heavy atom. The number of aromatic amines is 1. The predicted octanol–water partition coefficient (Wildman–Crippen LogP) is 5.77. The van der Waals surface area contributed by atoms with Crippen LogP contribution in [0.5, 0.6) is 5.75 Å². The number of ether oxygens (including phenoxy) is 1. The van der Waals surface area contributed by atoms with E-state index in [0.29, 0.717) is 30.3 Å². The molecule has 8 heteroatoms. The molecule has 210 valence electrons. The summed E-state index contributed by atoms with van der Waals surface area (Å²) in [5.41, 5.74) is 4.36. The lowest BCUT2D eigenvalue weighted by Gasteiger charge is -2.30. The summed E-state index contributed by atoms with van der Waals surface area (Å²) in [5, 5.41) is 1.75. The summed E-state index contributed by atoms with van der Waals surface area (Å²) in [7, 11) is 4.00. The summed E-state index contributed by atoms with van der Waals surface area (Å²) < 4.78 is 5.68. The number of para-hydroxylation sites is 1. The van der Waals surface area contributed by atoms with Crippen molar-refractivity contribution >= 4 is 40.0 Å². The molecule has 0 saturated heterocycles. The zero-order valence-corrected chi connectivity index (χ0v) is 24.3. The van der Waals surface area contributed by atoms with E-state index in [1.807, 2.05) is 74.3 Å². The predicted molar refractivity (Wildman–Crippen MR) is 162 cm³/mol. The van der Waals surface area contributed by atoms with Crippen molar-refractivity contribution in [2.75, 3.05) is 38.7 Å². The van der Waals surface area contributed by atoms with Crippen LogP contribution in [0.3, 0.4) is 0 Å². The molecule has 40 heavy (non-hydrogen) atoms. The van der Waals surface area contributed by atoms with Crippen molar-refractivity contribution < 1.29 is 14.3 Å². The number of amides is 2. The van der Waals surface area contributed by atoms with Crippen molar-refractivity contribution in [3.63, 3.8) is 0 Å². The minimum absolute atomic E-state index is 0.0237. The molecule has 4 rings (SSSR count). The van der Waals surface area contributed by atoms with Crippen LogP contribution in [0.2, 0.25) is 5.02 Å². The highest BCUT2D eigenvalue weighted by molar-refractivity contribution is 6.30. The highest BCUT2D eigenvalue weighted by Gasteiger charge is 2.24. The summed E-state index contributed by atoms with van der Waals surface area (Å²) in [6.07, 6.45) is 2.71. The Kier molecular flexibility index (Phi) is 9.72. The molecule has 0 aliphatic heterocycles. The first kappa shape index (κ1) is 29.0. The molecule has 1 N–H and O–H groups in total. The van der Waals surface area contributed by atoms with Gasteiger partial charge in [-0.25, -0.2) is 0 Å². The Morgan fingerprint density at radius 3 is 2.30 bits per heavy atom. The molecule has 0 saturated carbocycles. The molecule has 2 amide bonds. The molecular formula is C32H37ClN4O3. The van der Waals surface area contributed by atoms with Gasteiger partial charge in [0.15, 0.2) is 6.61 Å². The zero-order valence-electron chi connectivity index (χ0n) is 23.6. The molecule has 0 bridgehead atoms. The van der Waals surface area contributed by atoms with Gasteiger partial charge in [-0.1, -0.05) is 41.9 Å². The number of benzene rings is 3. The highest BCUT2D eigenvalue weighted by atomic mass is 35.5. The molecule has 1 aromatic heterocycles. The number of carbonyl (C=O) groups is 2. The van der Waals surface area contributed by atoms with Gasteiger partial charge in [0.2, 0.25) is 5.91 Å². The Labute approximate surface area is 241 Å². The number of nitrogens with zero attached hydrogens (tertiary/aromatic N) is 3. The largest absolute Gasteiger partial charge is 0.484 e. The average molecular weight is 561 g/mol. The topological polar surface area (TPSA) is 68.9 Å². The monoisotopic (exact) mass is 560 g/mol. The molecule has 3 aromatic carbocycles. The molecular weight excluding hydrogens is 524 g/mol. The summed E-state index contributed by atoms with van der Waals surface area (Å²) in [5.74, 6) is 0.199. The maximum Gasteiger partial charge on any atom is 0.261 e. The van der Waals surface area contributed by atoms with Crippen LogP contribution in [0.1, 0.15) is 25.0 Å². The molecule has 1 heterocycles. The number of nitrogens with one attached hydrogen (secondary N) is 1. The van der Waals surface area contributed by atoms with E-state index >= 15 is 0 Å². The second-order valence-corrected chi connectivity index (χ2v) is 10.8. The first-order valence-corrected chi connectivity index (χ1v) is 13.9. The van der Waals surface area contributed by atoms with E-state index < -0.39 is 0 Å². The molecule has 0 radical (unpaired) electrons. The lowest BCUT2D eigenvalue weighted by atomic mass is 10.1. The van der Waals surface area contributed by atoms with Crippen molar-refractivity contribution in [1.82, 2.24) is 14.8 Å². The maximum absolute atomic E-state index is 13.7. The fraction of sp³-hybridized carbons (Fsp3) is 0.312. The van der Waals surface area contributed by atoms with Crippen LogP contribution in [0, 0.1) is 0 Å². The van der Waals surface area contributed by atoms with Crippen LogP contribution in [-0.4, -0.2) is 66.4 Å². The lowest BCUT2D eigenvalue weighted by molar-refractivity contribution is -0.143. The van der Waals surface area contributed by atoms with Crippen LogP contribution in [0.15, 0.2) is 79.0 Å². The molecule has 0 unspecified atom stereocenters. The van der Waals surface area contributed by atoms with E-state index in [0.717, 1.165) is 27.7 Å². The van der Waals surface area contributed by atoms with Crippen LogP contribution in [0.25, 0.3) is 10.9 Å². The number of hydrogen-bond donors (Lipinski definition) is 1. The average Bonchev–Trinajstić information content (AvgIpc) is 3.36. The zero-order chi connectivity index (χ0) is 28.6. The Hall–Kier alpha value is -3.97. The second-order valence-electron chi connectivity index (χ2n) is 10.3. The number of carbonyl (C=O) groups excluding carboxylic acids is 2. The first-order valence-electron chi connectivity index (χ1n) is 13.5. The third-order valence-corrected chi connectivity index (χ3v) is 7.18. The third-order valence-electron chi connectivity index (χ3n) is 6.93. The van der Waals surface area contributed by atoms with Gasteiger partial charge in [-0.3, -0.25) is 9.59 Å². The van der Waals surface area contributed by atoms with Gasteiger partial charge < -0.3 is 24.4 Å². The van der Waals surface area contributed by atoms with Gasteiger partial charge in [0.1, 0.15) is 12.3 Å². The SMILES string of the molecule is CC(C)N(CC(=O)N(CCc1c[nH]c2ccccc12)Cc1ccc(N(C)C)cc1)C(=O)COc1ccc(Cl)cc1. The van der Waals surface area contributed by atoms with Gasteiger partial charge in [0.05, 0.1) is 0 Å². The minimum atomic E-state index is -0.245. The quantitative estimate of drug-likeness (QED) is 0.239. The number of halogens is 1. The summed E-state index contributed by atoms with van der Waals surface area (Å²) in [6, 6.07) is 23.0. The number of fused-ring (bicyclic) bond motifs is 1. The Bertz CT molecular complexity index is 1410. The van der Waals surface area contributed by atoms with Gasteiger partial charge >= 0.3 is 0 Å². The van der Waals surface area contributed by atoms with Gasteiger partial charge in [-0.05, 0) is 73.9 Å². The van der Waals surface area contributed by atoms with Crippen LogP contribution in [-0.2, 0) is 22.6 Å².